The third-order valence-electron chi connectivity index (χ3n) is 9.06. The summed E-state index contributed by atoms with van der Waals surface area (Å²) in [6.45, 7) is 5.97. The Morgan fingerprint density at radius 2 is 1.44 bits per heavy atom. The summed E-state index contributed by atoms with van der Waals surface area (Å²) in [6, 6.07) is 7.08. The van der Waals surface area contributed by atoms with Crippen molar-refractivity contribution in [1.29, 1.82) is 0 Å². The number of aliphatic hydroxyl groups is 1. The maximum atomic E-state index is 12.5. The fourth-order valence-corrected chi connectivity index (χ4v) is 7.30. The summed E-state index contributed by atoms with van der Waals surface area (Å²) >= 11 is 12.1. The van der Waals surface area contributed by atoms with Crippen molar-refractivity contribution in [2.24, 2.45) is 0 Å². The van der Waals surface area contributed by atoms with Crippen molar-refractivity contribution in [2.75, 3.05) is 14.2 Å². The number of halogens is 2. The summed E-state index contributed by atoms with van der Waals surface area (Å²) in [4.78, 5) is 24.9. The van der Waals surface area contributed by atoms with Crippen LogP contribution in [0.15, 0.2) is 30.0 Å². The second-order valence-electron chi connectivity index (χ2n) is 12.4. The van der Waals surface area contributed by atoms with E-state index in [2.05, 4.69) is 17.6 Å². The third-order valence-corrected chi connectivity index (χ3v) is 9.50. The van der Waals surface area contributed by atoms with Gasteiger partial charge in [-0.05, 0) is 81.8 Å². The van der Waals surface area contributed by atoms with Crippen LogP contribution in [0.2, 0.25) is 10.0 Å². The molecular weight excluding hydrogens is 587 g/mol. The zero-order valence-electron chi connectivity index (χ0n) is 25.9. The molecule has 1 spiro atoms. The largest absolute Gasteiger partial charge is 0.509 e. The summed E-state index contributed by atoms with van der Waals surface area (Å²) < 4.78 is 10.7. The van der Waals surface area contributed by atoms with Crippen LogP contribution >= 0.6 is 23.2 Å². The van der Waals surface area contributed by atoms with Gasteiger partial charge in [-0.1, -0.05) is 61.7 Å². The number of rotatable bonds is 6. The van der Waals surface area contributed by atoms with E-state index in [4.69, 9.17) is 32.7 Å². The number of nitrogens with one attached hydrogen (secondary N) is 2. The van der Waals surface area contributed by atoms with Gasteiger partial charge >= 0.3 is 0 Å². The normalized spacial score (nSPS) is 18.9. The molecule has 2 fully saturated rings. The van der Waals surface area contributed by atoms with Crippen LogP contribution in [-0.2, 0) is 16.0 Å². The third kappa shape index (κ3) is 7.43. The number of benzene rings is 2. The van der Waals surface area contributed by atoms with Crippen LogP contribution in [0.1, 0.15) is 94.8 Å². The summed E-state index contributed by atoms with van der Waals surface area (Å²) in [7, 11) is 3.14. The molecule has 5 rings (SSSR count). The number of hydrogen-bond acceptors (Lipinski definition) is 5. The Morgan fingerprint density at radius 3 is 2.02 bits per heavy atom. The molecule has 0 aromatic heterocycles. The summed E-state index contributed by atoms with van der Waals surface area (Å²) in [5.74, 6) is 1.17. The fraction of sp³-hybridized carbons (Fsp3) is 0.529. The van der Waals surface area contributed by atoms with Gasteiger partial charge in [0.05, 0.1) is 31.8 Å². The van der Waals surface area contributed by atoms with Crippen LogP contribution in [0.25, 0.3) is 5.57 Å². The van der Waals surface area contributed by atoms with Crippen molar-refractivity contribution in [2.45, 2.75) is 102 Å². The predicted octanol–water partition coefficient (Wildman–Crippen LogP) is 8.04. The number of ether oxygens (including phenoxy) is 2. The Kier molecular flexibility index (Phi) is 10.6. The molecule has 9 heteroatoms. The molecule has 3 N–H and O–H groups in total. The van der Waals surface area contributed by atoms with Crippen LogP contribution < -0.4 is 20.1 Å². The number of carbonyl (C=O) groups excluding carboxylic acids is 2. The molecule has 236 valence electrons. The van der Waals surface area contributed by atoms with Crippen molar-refractivity contribution in [3.8, 4) is 11.5 Å². The Hall–Kier alpha value is -2.90. The number of aryl methyl sites for hydroxylation is 2. The molecule has 2 amide bonds. The molecule has 2 saturated carbocycles. The lowest BCUT2D eigenvalue weighted by Gasteiger charge is -2.34. The first-order valence-electron chi connectivity index (χ1n) is 15.2. The lowest BCUT2D eigenvalue weighted by molar-refractivity contribution is -0.122. The molecule has 2 aliphatic carbocycles. The van der Waals surface area contributed by atoms with E-state index in [-0.39, 0.29) is 24.5 Å². The zero-order chi connectivity index (χ0) is 31.4. The van der Waals surface area contributed by atoms with Crippen LogP contribution in [0, 0.1) is 13.8 Å². The van der Waals surface area contributed by atoms with Crippen LogP contribution in [0.5, 0.6) is 11.5 Å². The number of carbonyl (C=O) groups is 2. The number of hydrogen-bond donors (Lipinski definition) is 3. The van der Waals surface area contributed by atoms with Gasteiger partial charge in [0.25, 0.3) is 5.91 Å². The molecule has 0 atom stereocenters. The van der Waals surface area contributed by atoms with Crippen LogP contribution in [0.4, 0.5) is 0 Å². The van der Waals surface area contributed by atoms with E-state index >= 15 is 0 Å². The highest BCUT2D eigenvalue weighted by atomic mass is 35.5. The summed E-state index contributed by atoms with van der Waals surface area (Å²) in [5, 5.41) is 18.2. The monoisotopic (exact) mass is 632 g/mol. The quantitative estimate of drug-likeness (QED) is 0.299. The molecule has 0 saturated heterocycles. The van der Waals surface area contributed by atoms with Gasteiger partial charge in [-0.3, -0.25) is 9.59 Å². The molecule has 7 nitrogen and oxygen atoms in total. The highest BCUT2D eigenvalue weighted by Gasteiger charge is 2.47. The maximum absolute atomic E-state index is 12.5. The summed E-state index contributed by atoms with van der Waals surface area (Å²) in [6.07, 6.45) is 10.8. The first-order chi connectivity index (χ1) is 20.4. The van der Waals surface area contributed by atoms with Crippen molar-refractivity contribution in [3.63, 3.8) is 0 Å². The van der Waals surface area contributed by atoms with Crippen molar-refractivity contribution >= 4 is 40.6 Å². The van der Waals surface area contributed by atoms with Crippen LogP contribution in [-0.4, -0.2) is 42.2 Å². The van der Waals surface area contributed by atoms with E-state index in [0.29, 0.717) is 39.1 Å². The Balaban J connectivity index is 0.000000235. The summed E-state index contributed by atoms with van der Waals surface area (Å²) in [5.41, 5.74) is 3.03. The molecular formula is C34H46Cl2N2O5. The van der Waals surface area contributed by atoms with Gasteiger partial charge in [-0.15, -0.1) is 0 Å². The first kappa shape index (κ1) is 33.0. The smallest absolute Gasteiger partial charge is 0.256 e. The highest BCUT2D eigenvalue weighted by molar-refractivity contribution is 6.31. The minimum Gasteiger partial charge on any atom is -0.509 e. The molecule has 0 unspecified atom stereocenters. The topological polar surface area (TPSA) is 96.9 Å². The van der Waals surface area contributed by atoms with Gasteiger partial charge in [0, 0.05) is 28.1 Å². The number of methoxy groups -OCH3 is 2. The maximum Gasteiger partial charge on any atom is 0.256 e. The van der Waals surface area contributed by atoms with Gasteiger partial charge in [-0.2, -0.15) is 0 Å². The van der Waals surface area contributed by atoms with E-state index < -0.39 is 5.54 Å². The minimum absolute atomic E-state index is 0. The average Bonchev–Trinajstić information content (AvgIpc) is 3.18. The second-order valence-corrected chi connectivity index (χ2v) is 13.2. The number of amides is 2. The predicted molar refractivity (Wildman–Crippen MR) is 174 cm³/mol. The first-order valence-corrected chi connectivity index (χ1v) is 15.9. The Bertz CT molecular complexity index is 1400. The van der Waals surface area contributed by atoms with E-state index in [0.717, 1.165) is 61.6 Å². The molecule has 2 aromatic rings. The Morgan fingerprint density at radius 1 is 0.907 bits per heavy atom. The van der Waals surface area contributed by atoms with Gasteiger partial charge < -0.3 is 25.2 Å². The van der Waals surface area contributed by atoms with Gasteiger partial charge in [0.2, 0.25) is 5.91 Å². The van der Waals surface area contributed by atoms with E-state index in [1.165, 1.54) is 26.4 Å². The second kappa shape index (κ2) is 13.8. The molecule has 0 bridgehead atoms. The Labute approximate surface area is 266 Å². The molecule has 2 aromatic carbocycles. The molecule has 1 heterocycles. The van der Waals surface area contributed by atoms with Crippen molar-refractivity contribution in [3.05, 3.63) is 62.3 Å². The van der Waals surface area contributed by atoms with Gasteiger partial charge in [-0.25, -0.2) is 0 Å². The van der Waals surface area contributed by atoms with Crippen molar-refractivity contribution in [1.82, 2.24) is 10.6 Å². The van der Waals surface area contributed by atoms with Gasteiger partial charge in [0.1, 0.15) is 17.3 Å². The van der Waals surface area contributed by atoms with E-state index in [1.54, 1.807) is 25.3 Å². The lowest BCUT2D eigenvalue weighted by atomic mass is 9.80. The SMILES string of the molecule is COc1cc(Cl)cc(C)c1C1=C(O)C2(CCCCC2)NC1=O.COc1cc(Cl)cc(C)c1CC(=O)NC1(C)CCCCC1.[HH]. The molecule has 43 heavy (non-hydrogen) atoms. The lowest BCUT2D eigenvalue weighted by Crippen LogP contribution is -2.47. The molecule has 3 aliphatic rings. The standard InChI is InChI=1S/C17H20ClNO3.C17H24ClNO2.H2/c1-10-8-11(18)9-12(22-2)13(10)14-15(20)17(19-16(14)21)6-4-3-5-7-17;1-12-9-13(18)10-15(21-3)14(12)11-16(20)19-17(2)7-5-4-6-8-17;/h8-9,20H,3-7H2,1-2H3,(H,19,21);9-10H,4-8,11H2,1-3H3,(H,19,20);1H. The fourth-order valence-electron chi connectivity index (χ4n) is 6.78. The van der Waals surface area contributed by atoms with Crippen molar-refractivity contribution < 1.29 is 25.6 Å². The average molecular weight is 634 g/mol. The molecule has 1 aliphatic heterocycles. The highest BCUT2D eigenvalue weighted by Crippen LogP contribution is 2.44. The zero-order valence-corrected chi connectivity index (χ0v) is 27.4. The number of aliphatic hydroxyl groups excluding tert-OH is 1. The van der Waals surface area contributed by atoms with Gasteiger partial charge in [0.15, 0.2) is 0 Å². The van der Waals surface area contributed by atoms with E-state index in [1.807, 2.05) is 19.9 Å². The van der Waals surface area contributed by atoms with Crippen LogP contribution in [0.3, 0.4) is 0 Å². The minimum atomic E-state index is -0.595. The molecule has 0 radical (unpaired) electrons. The van der Waals surface area contributed by atoms with E-state index in [9.17, 15) is 14.7 Å².